The summed E-state index contributed by atoms with van der Waals surface area (Å²) >= 11 is 0. The molecule has 0 unspecified atom stereocenters. The fraction of sp³-hybridized carbons (Fsp3) is 0.500. The van der Waals surface area contributed by atoms with Gasteiger partial charge in [-0.3, -0.25) is 0 Å². The summed E-state index contributed by atoms with van der Waals surface area (Å²) in [6.45, 7) is 6.36. The van der Waals surface area contributed by atoms with Crippen molar-refractivity contribution in [3.63, 3.8) is 0 Å². The lowest BCUT2D eigenvalue weighted by molar-refractivity contribution is 0.745. The van der Waals surface area contributed by atoms with Crippen molar-refractivity contribution in [1.29, 1.82) is 0 Å². The maximum atomic E-state index is 10.4. The van der Waals surface area contributed by atoms with E-state index in [2.05, 4.69) is 23.9 Å². The van der Waals surface area contributed by atoms with Crippen molar-refractivity contribution in [2.45, 2.75) is 26.7 Å². The lowest BCUT2D eigenvalue weighted by Crippen LogP contribution is -2.24. The van der Waals surface area contributed by atoms with Crippen molar-refractivity contribution in [1.82, 2.24) is 0 Å². The van der Waals surface area contributed by atoms with E-state index in [1.54, 1.807) is 6.07 Å². The number of benzene rings is 1. The molecule has 0 amide bonds. The van der Waals surface area contributed by atoms with Crippen LogP contribution in [0.25, 0.3) is 0 Å². The third-order valence-corrected chi connectivity index (χ3v) is 2.29. The summed E-state index contributed by atoms with van der Waals surface area (Å²) in [5.74, 6) is 0. The fourth-order valence-electron chi connectivity index (χ4n) is 1.66. The van der Waals surface area contributed by atoms with Crippen molar-refractivity contribution in [3.8, 4) is 0 Å². The molecule has 0 aliphatic rings. The van der Waals surface area contributed by atoms with Gasteiger partial charge >= 0.3 is 0 Å². The zero-order valence-electron chi connectivity index (χ0n) is 9.44. The molecule has 0 atom stereocenters. The van der Waals surface area contributed by atoms with E-state index in [1.807, 2.05) is 18.2 Å². The Morgan fingerprint density at radius 3 is 2.40 bits per heavy atom. The minimum absolute atomic E-state index is 0.504. The first-order valence-electron chi connectivity index (χ1n) is 5.50. The molecule has 3 nitrogen and oxygen atoms in total. The van der Waals surface area contributed by atoms with E-state index in [0.717, 1.165) is 31.6 Å². The summed E-state index contributed by atoms with van der Waals surface area (Å²) in [4.78, 5) is 12.7. The van der Waals surface area contributed by atoms with Gasteiger partial charge in [0.2, 0.25) is 0 Å². The lowest BCUT2D eigenvalue weighted by Gasteiger charge is -2.23. The van der Waals surface area contributed by atoms with Gasteiger partial charge in [0.05, 0.1) is 0 Å². The molecule has 1 aromatic rings. The zero-order valence-corrected chi connectivity index (χ0v) is 9.44. The van der Waals surface area contributed by atoms with Crippen LogP contribution in [-0.2, 0) is 0 Å². The van der Waals surface area contributed by atoms with Crippen LogP contribution in [0.15, 0.2) is 29.4 Å². The average Bonchev–Trinajstić information content (AvgIpc) is 2.29. The highest BCUT2D eigenvalue weighted by molar-refractivity contribution is 5.55. The largest absolute Gasteiger partial charge is 0.371 e. The van der Waals surface area contributed by atoms with E-state index in [1.165, 1.54) is 0 Å². The first-order valence-corrected chi connectivity index (χ1v) is 5.50. The topological polar surface area (TPSA) is 32.7 Å². The molecule has 1 rings (SSSR count). The van der Waals surface area contributed by atoms with Crippen LogP contribution in [0.3, 0.4) is 0 Å². The number of rotatable bonds is 6. The van der Waals surface area contributed by atoms with Gasteiger partial charge in [-0.05, 0) is 36.2 Å². The Balaban J connectivity index is 2.83. The predicted octanol–water partition coefficient (Wildman–Crippen LogP) is 3.71. The molecular weight excluding hydrogens is 188 g/mol. The molecule has 0 heterocycles. The van der Waals surface area contributed by atoms with Crippen LogP contribution >= 0.6 is 0 Å². The van der Waals surface area contributed by atoms with E-state index in [4.69, 9.17) is 0 Å². The van der Waals surface area contributed by atoms with Crippen LogP contribution in [-0.4, -0.2) is 13.1 Å². The third kappa shape index (κ3) is 3.35. The quantitative estimate of drug-likeness (QED) is 0.664. The maximum absolute atomic E-state index is 10.4. The van der Waals surface area contributed by atoms with Crippen molar-refractivity contribution >= 4 is 11.4 Å². The van der Waals surface area contributed by atoms with E-state index in [9.17, 15) is 4.91 Å². The third-order valence-electron chi connectivity index (χ3n) is 2.29. The Morgan fingerprint density at radius 2 is 1.87 bits per heavy atom. The highest BCUT2D eigenvalue weighted by Gasteiger charge is 2.04. The van der Waals surface area contributed by atoms with Crippen molar-refractivity contribution < 1.29 is 0 Å². The second kappa shape index (κ2) is 6.17. The summed E-state index contributed by atoms with van der Waals surface area (Å²) in [6, 6.07) is 7.48. The molecule has 0 saturated heterocycles. The van der Waals surface area contributed by atoms with Gasteiger partial charge < -0.3 is 4.90 Å². The Morgan fingerprint density at radius 1 is 1.20 bits per heavy atom. The molecule has 1 aromatic carbocycles. The standard InChI is InChI=1S/C12H18N2O/c1-3-8-14(9-4-2)12-7-5-6-11(10-12)13-15/h5-7,10H,3-4,8-9H2,1-2H3. The second-order valence-corrected chi connectivity index (χ2v) is 3.60. The predicted molar refractivity (Wildman–Crippen MR) is 64.7 cm³/mol. The van der Waals surface area contributed by atoms with Crippen LogP contribution in [0.4, 0.5) is 11.4 Å². The summed E-state index contributed by atoms with van der Waals surface area (Å²) in [6.07, 6.45) is 2.22. The molecule has 82 valence electrons. The van der Waals surface area contributed by atoms with Crippen LogP contribution in [0.1, 0.15) is 26.7 Å². The van der Waals surface area contributed by atoms with Gasteiger partial charge in [-0.2, -0.15) is 0 Å². The van der Waals surface area contributed by atoms with Gasteiger partial charge in [0.1, 0.15) is 5.69 Å². The van der Waals surface area contributed by atoms with Crippen LogP contribution in [0.2, 0.25) is 0 Å². The first kappa shape index (κ1) is 11.7. The van der Waals surface area contributed by atoms with E-state index in [-0.39, 0.29) is 0 Å². The van der Waals surface area contributed by atoms with E-state index >= 15 is 0 Å². The second-order valence-electron chi connectivity index (χ2n) is 3.60. The smallest absolute Gasteiger partial charge is 0.110 e. The van der Waals surface area contributed by atoms with Crippen LogP contribution in [0.5, 0.6) is 0 Å². The van der Waals surface area contributed by atoms with E-state index in [0.29, 0.717) is 5.69 Å². The Bertz CT molecular complexity index is 306. The number of anilines is 1. The Hall–Kier alpha value is -1.38. The van der Waals surface area contributed by atoms with Gasteiger partial charge in [0.15, 0.2) is 0 Å². The Labute approximate surface area is 91.1 Å². The number of nitroso groups, excluding NO2 is 1. The summed E-state index contributed by atoms with van der Waals surface area (Å²) in [7, 11) is 0. The van der Waals surface area contributed by atoms with E-state index < -0.39 is 0 Å². The number of hydrogen-bond donors (Lipinski definition) is 0. The zero-order chi connectivity index (χ0) is 11.1. The summed E-state index contributed by atoms with van der Waals surface area (Å²) in [5, 5.41) is 2.96. The van der Waals surface area contributed by atoms with Crippen LogP contribution in [0, 0.1) is 4.91 Å². The van der Waals surface area contributed by atoms with Crippen LogP contribution < -0.4 is 4.90 Å². The summed E-state index contributed by atoms with van der Waals surface area (Å²) in [5.41, 5.74) is 1.60. The number of nitrogens with zero attached hydrogens (tertiary/aromatic N) is 2. The molecule has 15 heavy (non-hydrogen) atoms. The van der Waals surface area contributed by atoms with Crippen molar-refractivity contribution in [3.05, 3.63) is 29.2 Å². The molecular formula is C12H18N2O. The molecule has 0 aliphatic carbocycles. The normalized spacial score (nSPS) is 10.0. The fourth-order valence-corrected chi connectivity index (χ4v) is 1.66. The molecule has 0 N–H and O–H groups in total. The molecule has 0 radical (unpaired) electrons. The number of hydrogen-bond acceptors (Lipinski definition) is 3. The maximum Gasteiger partial charge on any atom is 0.110 e. The molecule has 0 bridgehead atoms. The van der Waals surface area contributed by atoms with Crippen molar-refractivity contribution in [2.75, 3.05) is 18.0 Å². The van der Waals surface area contributed by atoms with Gasteiger partial charge in [-0.15, -0.1) is 4.91 Å². The van der Waals surface area contributed by atoms with Gasteiger partial charge in [-0.25, -0.2) is 0 Å². The molecule has 0 saturated carbocycles. The SMILES string of the molecule is CCCN(CCC)c1cccc(N=O)c1. The Kier molecular flexibility index (Phi) is 4.81. The average molecular weight is 206 g/mol. The minimum atomic E-state index is 0.504. The van der Waals surface area contributed by atoms with Gasteiger partial charge in [-0.1, -0.05) is 19.9 Å². The van der Waals surface area contributed by atoms with Gasteiger partial charge in [0, 0.05) is 18.8 Å². The van der Waals surface area contributed by atoms with Gasteiger partial charge in [0.25, 0.3) is 0 Å². The van der Waals surface area contributed by atoms with Crippen molar-refractivity contribution in [2.24, 2.45) is 5.18 Å². The highest BCUT2D eigenvalue weighted by atomic mass is 16.3. The monoisotopic (exact) mass is 206 g/mol. The molecule has 0 aromatic heterocycles. The molecule has 0 aliphatic heterocycles. The summed E-state index contributed by atoms with van der Waals surface area (Å²) < 4.78 is 0. The molecule has 0 spiro atoms. The molecule has 0 fully saturated rings. The minimum Gasteiger partial charge on any atom is -0.371 e. The first-order chi connectivity index (χ1) is 7.31. The molecule has 3 heteroatoms. The highest BCUT2D eigenvalue weighted by Crippen LogP contribution is 2.21. The lowest BCUT2D eigenvalue weighted by atomic mass is 10.2.